The summed E-state index contributed by atoms with van der Waals surface area (Å²) >= 11 is 6.37. The summed E-state index contributed by atoms with van der Waals surface area (Å²) in [5.74, 6) is 2.06. The highest BCUT2D eigenvalue weighted by Crippen LogP contribution is 2.34. The molecular weight excluding hydrogens is 608 g/mol. The Hall–Kier alpha value is -3.00. The van der Waals surface area contributed by atoms with Crippen LogP contribution in [0.2, 0.25) is 5.02 Å². The van der Waals surface area contributed by atoms with Crippen molar-refractivity contribution in [3.8, 4) is 22.8 Å². The number of benzene rings is 1. The molecule has 3 saturated heterocycles. The van der Waals surface area contributed by atoms with Crippen LogP contribution in [0.5, 0.6) is 11.6 Å². The molecule has 2 bridgehead atoms. The molecule has 0 radical (unpaired) electrons. The van der Waals surface area contributed by atoms with E-state index < -0.39 is 0 Å². The van der Waals surface area contributed by atoms with Gasteiger partial charge in [-0.25, -0.2) is 9.97 Å². The summed E-state index contributed by atoms with van der Waals surface area (Å²) in [6, 6.07) is 7.42. The standard InChI is InChI=1S/C27H36ClN7O3.C6H11NO/c1-18(10-30-17-29)38-25-9-20(7-8-23(25)28)21-11-31-27(32-12-21)33-24-13-35(22-5-3-2-4-6-22)34-26(24)37-16-19-14-36-15-19;1-2-6-4-8-3-5(1)7-6/h7-9,11-13,18-19,22,30H,2-6,10,14-17,29H2,1H3,(H,31,32,33);5-7H,1-4H2/t18-;/m0./s1. The lowest BCUT2D eigenvalue weighted by atomic mass is 9.96. The van der Waals surface area contributed by atoms with E-state index in [2.05, 4.69) is 25.9 Å². The third-order valence-corrected chi connectivity index (χ3v) is 9.16. The normalized spacial score (nSPS) is 22.0. The number of ether oxygens (including phenoxy) is 4. The van der Waals surface area contributed by atoms with Gasteiger partial charge < -0.3 is 40.6 Å². The zero-order valence-corrected chi connectivity index (χ0v) is 27.4. The molecule has 0 spiro atoms. The van der Waals surface area contributed by atoms with Crippen LogP contribution < -0.4 is 31.2 Å². The van der Waals surface area contributed by atoms with Crippen LogP contribution in [0.4, 0.5) is 11.6 Å². The van der Waals surface area contributed by atoms with Crippen LogP contribution in [0, 0.1) is 5.92 Å². The monoisotopic (exact) mass is 654 g/mol. The molecule has 12 nitrogen and oxygen atoms in total. The van der Waals surface area contributed by atoms with Gasteiger partial charge in [-0.1, -0.05) is 36.9 Å². The zero-order chi connectivity index (χ0) is 31.7. The topological polar surface area (TPSA) is 143 Å². The first-order valence-electron chi connectivity index (χ1n) is 16.6. The number of anilines is 2. The van der Waals surface area contributed by atoms with E-state index >= 15 is 0 Å². The number of morpholine rings is 1. The Morgan fingerprint density at radius 1 is 1.02 bits per heavy atom. The summed E-state index contributed by atoms with van der Waals surface area (Å²) in [5.41, 5.74) is 8.04. The molecule has 46 heavy (non-hydrogen) atoms. The van der Waals surface area contributed by atoms with E-state index in [9.17, 15) is 0 Å². The highest BCUT2D eigenvalue weighted by Gasteiger charge is 2.28. The predicted molar refractivity (Wildman–Crippen MR) is 178 cm³/mol. The van der Waals surface area contributed by atoms with Crippen molar-refractivity contribution < 1.29 is 18.9 Å². The highest BCUT2D eigenvalue weighted by molar-refractivity contribution is 6.32. The third-order valence-electron chi connectivity index (χ3n) is 8.85. The van der Waals surface area contributed by atoms with E-state index in [1.165, 1.54) is 32.1 Å². The number of halogens is 1. The molecule has 5 heterocycles. The lowest BCUT2D eigenvalue weighted by Gasteiger charge is -2.25. The minimum atomic E-state index is -0.0862. The zero-order valence-electron chi connectivity index (χ0n) is 26.6. The van der Waals surface area contributed by atoms with Gasteiger partial charge in [-0.05, 0) is 50.3 Å². The average molecular weight is 655 g/mol. The maximum atomic E-state index is 6.37. The second-order valence-electron chi connectivity index (χ2n) is 12.7. The van der Waals surface area contributed by atoms with Gasteiger partial charge in [0.25, 0.3) is 5.88 Å². The Bertz CT molecular complexity index is 1370. The van der Waals surface area contributed by atoms with Gasteiger partial charge in [0.2, 0.25) is 5.95 Å². The quantitative estimate of drug-likeness (QED) is 0.202. The number of nitrogens with one attached hydrogen (secondary N) is 3. The molecule has 2 unspecified atom stereocenters. The van der Waals surface area contributed by atoms with Gasteiger partial charge in [0, 0.05) is 49.2 Å². The van der Waals surface area contributed by atoms with Gasteiger partial charge in [0.1, 0.15) is 17.5 Å². The number of rotatable bonds is 12. The van der Waals surface area contributed by atoms with Crippen molar-refractivity contribution in [3.05, 3.63) is 41.8 Å². The number of hydrogen-bond acceptors (Lipinski definition) is 11. The SMILES string of the molecule is C1CC2COCC1N2.C[C@@H](CNCN)Oc1cc(-c2cnc(Nc3cn(C4CCCCC4)nc3OCC3COC3)nc2)ccc1Cl. The molecule has 3 aromatic rings. The van der Waals surface area contributed by atoms with Gasteiger partial charge in [-0.15, -0.1) is 5.10 Å². The molecule has 4 fully saturated rings. The molecule has 3 atom stereocenters. The van der Waals surface area contributed by atoms with Crippen LogP contribution in [0.15, 0.2) is 36.8 Å². The van der Waals surface area contributed by atoms with Crippen LogP contribution >= 0.6 is 11.6 Å². The van der Waals surface area contributed by atoms with E-state index in [4.69, 9.17) is 41.4 Å². The summed E-state index contributed by atoms with van der Waals surface area (Å²) in [7, 11) is 0. The second kappa shape index (κ2) is 16.2. The Labute approximate surface area is 276 Å². The first-order chi connectivity index (χ1) is 22.5. The van der Waals surface area contributed by atoms with Gasteiger partial charge in [-0.2, -0.15) is 0 Å². The fraction of sp³-hybridized carbons (Fsp3) is 0.606. The number of hydrogen-bond donors (Lipinski definition) is 4. The van der Waals surface area contributed by atoms with Crippen molar-refractivity contribution in [2.45, 2.75) is 76.1 Å². The molecular formula is C33H47ClN8O4. The maximum Gasteiger partial charge on any atom is 0.256 e. The smallest absolute Gasteiger partial charge is 0.256 e. The minimum Gasteiger partial charge on any atom is -0.488 e. The third kappa shape index (κ3) is 8.87. The molecule has 1 saturated carbocycles. The summed E-state index contributed by atoms with van der Waals surface area (Å²) < 4.78 is 24.7. The summed E-state index contributed by atoms with van der Waals surface area (Å²) in [6.07, 6.45) is 14.2. The van der Waals surface area contributed by atoms with Gasteiger partial charge in [-0.3, -0.25) is 4.68 Å². The molecule has 5 N–H and O–H groups in total. The van der Waals surface area contributed by atoms with E-state index in [1.807, 2.05) is 36.0 Å². The van der Waals surface area contributed by atoms with E-state index in [1.54, 1.807) is 12.4 Å². The van der Waals surface area contributed by atoms with E-state index in [0.717, 1.165) is 56.1 Å². The van der Waals surface area contributed by atoms with Crippen molar-refractivity contribution >= 4 is 23.2 Å². The number of fused-ring (bicyclic) bond motifs is 2. The first kappa shape index (κ1) is 32.9. The summed E-state index contributed by atoms with van der Waals surface area (Å²) in [5, 5.41) is 15.2. The van der Waals surface area contributed by atoms with Gasteiger partial charge in [0.05, 0.1) is 50.3 Å². The number of aromatic nitrogens is 4. The molecule has 3 aliphatic heterocycles. The van der Waals surface area contributed by atoms with Crippen LogP contribution in [-0.4, -0.2) is 84.2 Å². The fourth-order valence-corrected chi connectivity index (χ4v) is 6.34. The number of nitrogens with zero attached hydrogens (tertiary/aromatic N) is 4. The lowest BCUT2D eigenvalue weighted by Crippen LogP contribution is -2.41. The predicted octanol–water partition coefficient (Wildman–Crippen LogP) is 4.68. The van der Waals surface area contributed by atoms with Gasteiger partial charge >= 0.3 is 0 Å². The van der Waals surface area contributed by atoms with Crippen molar-refractivity contribution in [1.29, 1.82) is 0 Å². The summed E-state index contributed by atoms with van der Waals surface area (Å²) in [6.45, 7) is 6.91. The van der Waals surface area contributed by atoms with E-state index in [-0.39, 0.29) is 6.10 Å². The lowest BCUT2D eigenvalue weighted by molar-refractivity contribution is -0.0514. The highest BCUT2D eigenvalue weighted by atomic mass is 35.5. The fourth-order valence-electron chi connectivity index (χ4n) is 6.18. The second-order valence-corrected chi connectivity index (χ2v) is 13.1. The molecule has 4 aliphatic rings. The molecule has 1 aromatic carbocycles. The van der Waals surface area contributed by atoms with Crippen molar-refractivity contribution in [3.63, 3.8) is 0 Å². The molecule has 7 rings (SSSR count). The Kier molecular flexibility index (Phi) is 11.6. The number of nitrogens with two attached hydrogens (primary N) is 1. The van der Waals surface area contributed by atoms with Crippen molar-refractivity contribution in [2.24, 2.45) is 11.7 Å². The average Bonchev–Trinajstić information content (AvgIpc) is 3.62. The molecule has 2 aromatic heterocycles. The Balaban J connectivity index is 0.000000400. The van der Waals surface area contributed by atoms with E-state index in [0.29, 0.717) is 66.5 Å². The Morgan fingerprint density at radius 3 is 2.43 bits per heavy atom. The largest absolute Gasteiger partial charge is 0.488 e. The molecule has 1 aliphatic carbocycles. The van der Waals surface area contributed by atoms with Crippen LogP contribution in [-0.2, 0) is 9.47 Å². The van der Waals surface area contributed by atoms with Crippen LogP contribution in [0.3, 0.4) is 0 Å². The Morgan fingerprint density at radius 2 is 1.76 bits per heavy atom. The summed E-state index contributed by atoms with van der Waals surface area (Å²) in [4.78, 5) is 9.11. The maximum absolute atomic E-state index is 6.37. The molecule has 13 heteroatoms. The van der Waals surface area contributed by atoms with Crippen LogP contribution in [0.25, 0.3) is 11.1 Å². The van der Waals surface area contributed by atoms with Crippen molar-refractivity contribution in [1.82, 2.24) is 30.4 Å². The van der Waals surface area contributed by atoms with Crippen molar-refractivity contribution in [2.75, 3.05) is 51.6 Å². The molecule has 250 valence electrons. The van der Waals surface area contributed by atoms with Gasteiger partial charge in [0.15, 0.2) is 0 Å². The van der Waals surface area contributed by atoms with Crippen LogP contribution in [0.1, 0.15) is 57.9 Å². The first-order valence-corrected chi connectivity index (χ1v) is 17.0. The minimum absolute atomic E-state index is 0.0862. The molecule has 0 amide bonds.